The van der Waals surface area contributed by atoms with Crippen molar-refractivity contribution in [3.63, 3.8) is 0 Å². The van der Waals surface area contributed by atoms with Crippen molar-refractivity contribution in [2.75, 3.05) is 13.1 Å². The van der Waals surface area contributed by atoms with Gasteiger partial charge in [0.1, 0.15) is 5.82 Å². The molecule has 0 radical (unpaired) electrons. The highest BCUT2D eigenvalue weighted by Gasteiger charge is 2.27. The van der Waals surface area contributed by atoms with Gasteiger partial charge >= 0.3 is 5.69 Å². The van der Waals surface area contributed by atoms with E-state index < -0.39 is 17.1 Å². The number of nitrogens with one attached hydrogen (secondary N) is 1. The number of H-pyrrole nitrogens is 1. The predicted molar refractivity (Wildman–Crippen MR) is 113 cm³/mol. The smallest absolute Gasteiger partial charge is 0.329 e. The van der Waals surface area contributed by atoms with Gasteiger partial charge in [-0.2, -0.15) is 0 Å². The quantitative estimate of drug-likeness (QED) is 0.536. The molecule has 0 atom stereocenters. The standard InChI is InChI=1S/C21H17FN4O3S/c22-13-2-4-16-15(10-13)20(28)26(21(29)24-16)14-5-7-25(8-6-14)19(27)12-1-3-17-18(9-12)30-11-23-17/h1-4,9-11,14H,5-8H2,(H,24,29). The van der Waals surface area contributed by atoms with Crippen LogP contribution in [0.1, 0.15) is 29.2 Å². The Balaban J connectivity index is 1.38. The summed E-state index contributed by atoms with van der Waals surface area (Å²) in [5.41, 5.74) is 2.50. The number of likely N-dealkylation sites (tertiary alicyclic amines) is 1. The number of nitrogens with zero attached hydrogens (tertiary/aromatic N) is 3. The number of carbonyl (C=O) groups is 1. The van der Waals surface area contributed by atoms with Gasteiger partial charge in [-0.25, -0.2) is 14.2 Å². The van der Waals surface area contributed by atoms with Crippen molar-refractivity contribution in [1.82, 2.24) is 19.4 Å². The van der Waals surface area contributed by atoms with Gasteiger partial charge in [0.05, 0.1) is 26.6 Å². The number of amides is 1. The lowest BCUT2D eigenvalue weighted by Gasteiger charge is -2.32. The zero-order valence-corrected chi connectivity index (χ0v) is 16.6. The number of piperidine rings is 1. The van der Waals surface area contributed by atoms with Crippen molar-refractivity contribution in [2.24, 2.45) is 0 Å². The summed E-state index contributed by atoms with van der Waals surface area (Å²) < 4.78 is 15.7. The first kappa shape index (κ1) is 18.7. The summed E-state index contributed by atoms with van der Waals surface area (Å²) in [4.78, 5) is 46.8. The summed E-state index contributed by atoms with van der Waals surface area (Å²) in [5.74, 6) is -0.609. The van der Waals surface area contributed by atoms with E-state index in [1.165, 1.54) is 23.5 Å². The van der Waals surface area contributed by atoms with Crippen molar-refractivity contribution in [1.29, 1.82) is 0 Å². The van der Waals surface area contributed by atoms with Crippen LogP contribution in [0.25, 0.3) is 21.1 Å². The third-order valence-corrected chi connectivity index (χ3v) is 6.38. The monoisotopic (exact) mass is 424 g/mol. The van der Waals surface area contributed by atoms with Crippen molar-refractivity contribution in [3.8, 4) is 0 Å². The predicted octanol–water partition coefficient (Wildman–Crippen LogP) is 2.92. The van der Waals surface area contributed by atoms with Gasteiger partial charge in [-0.1, -0.05) is 0 Å². The lowest BCUT2D eigenvalue weighted by molar-refractivity contribution is 0.0692. The van der Waals surface area contributed by atoms with Gasteiger partial charge in [0.15, 0.2) is 0 Å². The molecule has 1 aliphatic rings. The van der Waals surface area contributed by atoms with Gasteiger partial charge in [0.2, 0.25) is 0 Å². The number of thiazole rings is 1. The van der Waals surface area contributed by atoms with Crippen LogP contribution in [0.5, 0.6) is 0 Å². The second-order valence-electron chi connectivity index (χ2n) is 7.35. The number of carbonyl (C=O) groups excluding carboxylic acids is 1. The van der Waals surface area contributed by atoms with Crippen LogP contribution in [-0.4, -0.2) is 38.4 Å². The third-order valence-electron chi connectivity index (χ3n) is 5.59. The van der Waals surface area contributed by atoms with E-state index in [9.17, 15) is 18.8 Å². The molecule has 1 fully saturated rings. The van der Waals surface area contributed by atoms with Crippen molar-refractivity contribution >= 4 is 38.4 Å². The van der Waals surface area contributed by atoms with E-state index in [-0.39, 0.29) is 17.3 Å². The molecule has 2 aromatic carbocycles. The fourth-order valence-corrected chi connectivity index (χ4v) is 4.75. The van der Waals surface area contributed by atoms with Crippen LogP contribution in [0.4, 0.5) is 4.39 Å². The first-order valence-electron chi connectivity index (χ1n) is 9.58. The van der Waals surface area contributed by atoms with E-state index in [0.29, 0.717) is 37.0 Å². The second-order valence-corrected chi connectivity index (χ2v) is 8.24. The lowest BCUT2D eigenvalue weighted by Crippen LogP contribution is -2.45. The van der Waals surface area contributed by atoms with E-state index in [4.69, 9.17) is 0 Å². The van der Waals surface area contributed by atoms with Crippen LogP contribution >= 0.6 is 11.3 Å². The minimum Gasteiger partial charge on any atom is -0.338 e. The van der Waals surface area contributed by atoms with Gasteiger partial charge in [-0.3, -0.25) is 14.2 Å². The first-order chi connectivity index (χ1) is 14.5. The van der Waals surface area contributed by atoms with E-state index in [1.54, 1.807) is 16.5 Å². The Morgan fingerprint density at radius 3 is 2.73 bits per heavy atom. The Labute approximate surface area is 173 Å². The third kappa shape index (κ3) is 3.11. The molecule has 4 aromatic rings. The van der Waals surface area contributed by atoms with Crippen molar-refractivity contribution in [2.45, 2.75) is 18.9 Å². The zero-order valence-electron chi connectivity index (χ0n) is 15.8. The molecule has 9 heteroatoms. The van der Waals surface area contributed by atoms with Gasteiger partial charge in [-0.05, 0) is 49.2 Å². The van der Waals surface area contributed by atoms with Crippen LogP contribution in [0, 0.1) is 5.82 Å². The molecule has 1 aliphatic heterocycles. The molecule has 5 rings (SSSR count). The summed E-state index contributed by atoms with van der Waals surface area (Å²) in [5, 5.41) is 0.144. The van der Waals surface area contributed by atoms with Crippen LogP contribution < -0.4 is 11.2 Å². The topological polar surface area (TPSA) is 88.1 Å². The fraction of sp³-hybridized carbons (Fsp3) is 0.238. The van der Waals surface area contributed by atoms with E-state index in [1.807, 2.05) is 12.1 Å². The summed E-state index contributed by atoms with van der Waals surface area (Å²) >= 11 is 1.48. The average molecular weight is 424 g/mol. The highest BCUT2D eigenvalue weighted by atomic mass is 32.1. The second kappa shape index (κ2) is 7.17. The number of halogens is 1. The highest BCUT2D eigenvalue weighted by Crippen LogP contribution is 2.24. The molecule has 0 saturated carbocycles. The van der Waals surface area contributed by atoms with Crippen LogP contribution in [0.3, 0.4) is 0 Å². The molecular formula is C21H17FN4O3S. The molecule has 0 unspecified atom stereocenters. The Kier molecular flexibility index (Phi) is 4.47. The number of hydrogen-bond acceptors (Lipinski definition) is 5. The Bertz CT molecular complexity index is 1400. The zero-order chi connectivity index (χ0) is 20.8. The SMILES string of the molecule is O=C(c1ccc2ncsc2c1)N1CCC(n2c(=O)[nH]c3ccc(F)cc3c2=O)CC1. The van der Waals surface area contributed by atoms with Gasteiger partial charge in [0, 0.05) is 24.7 Å². The molecule has 152 valence electrons. The van der Waals surface area contributed by atoms with Gasteiger partial charge in [-0.15, -0.1) is 11.3 Å². The molecule has 0 spiro atoms. The minimum atomic E-state index is -0.531. The molecule has 7 nitrogen and oxygen atoms in total. The maximum atomic E-state index is 13.6. The number of rotatable bonds is 2. The van der Waals surface area contributed by atoms with Gasteiger partial charge in [0.25, 0.3) is 11.5 Å². The molecule has 1 saturated heterocycles. The Morgan fingerprint density at radius 2 is 1.93 bits per heavy atom. The van der Waals surface area contributed by atoms with Crippen molar-refractivity contribution in [3.05, 3.63) is 74.1 Å². The van der Waals surface area contributed by atoms with Gasteiger partial charge < -0.3 is 9.88 Å². The minimum absolute atomic E-state index is 0.0782. The van der Waals surface area contributed by atoms with Crippen molar-refractivity contribution < 1.29 is 9.18 Å². The van der Waals surface area contributed by atoms with Crippen LogP contribution in [-0.2, 0) is 0 Å². The summed E-state index contributed by atoms with van der Waals surface area (Å²) in [6, 6.07) is 8.83. The molecule has 30 heavy (non-hydrogen) atoms. The first-order valence-corrected chi connectivity index (χ1v) is 10.5. The van der Waals surface area contributed by atoms with Crippen LogP contribution in [0.15, 0.2) is 51.5 Å². The number of fused-ring (bicyclic) bond motifs is 2. The molecule has 0 aliphatic carbocycles. The largest absolute Gasteiger partial charge is 0.338 e. The summed E-state index contributed by atoms with van der Waals surface area (Å²) in [6.45, 7) is 0.856. The van der Waals surface area contributed by atoms with E-state index in [2.05, 4.69) is 9.97 Å². The summed E-state index contributed by atoms with van der Waals surface area (Å²) in [7, 11) is 0. The number of benzene rings is 2. The lowest BCUT2D eigenvalue weighted by atomic mass is 10.0. The molecular weight excluding hydrogens is 407 g/mol. The fourth-order valence-electron chi connectivity index (χ4n) is 4.03. The van der Waals surface area contributed by atoms with E-state index in [0.717, 1.165) is 20.9 Å². The number of aromatic amines is 1. The average Bonchev–Trinajstić information content (AvgIpc) is 3.22. The maximum Gasteiger partial charge on any atom is 0.329 e. The molecule has 0 bridgehead atoms. The molecule has 3 heterocycles. The summed E-state index contributed by atoms with van der Waals surface area (Å²) in [6.07, 6.45) is 0.941. The molecule has 1 N–H and O–H groups in total. The van der Waals surface area contributed by atoms with Crippen LogP contribution in [0.2, 0.25) is 0 Å². The highest BCUT2D eigenvalue weighted by molar-refractivity contribution is 7.16. The molecule has 1 amide bonds. The van der Waals surface area contributed by atoms with E-state index >= 15 is 0 Å². The normalized spacial score (nSPS) is 15.2. The molecule has 2 aromatic heterocycles. The number of aromatic nitrogens is 3. The Hall–Kier alpha value is -3.33. The Morgan fingerprint density at radius 1 is 1.13 bits per heavy atom. The number of hydrogen-bond donors (Lipinski definition) is 1. The maximum absolute atomic E-state index is 13.6.